The number of allylic oxidation sites excluding steroid dienone is 1. The highest BCUT2D eigenvalue weighted by molar-refractivity contribution is 6.06. The molecule has 1 saturated carbocycles. The summed E-state index contributed by atoms with van der Waals surface area (Å²) in [6.07, 6.45) is 4.04. The largest absolute Gasteiger partial charge is 0.507 e. The Morgan fingerprint density at radius 2 is 1.86 bits per heavy atom. The number of benzene rings is 2. The van der Waals surface area contributed by atoms with Crippen LogP contribution in [0.5, 0.6) is 5.75 Å². The van der Waals surface area contributed by atoms with E-state index in [1.165, 1.54) is 6.07 Å². The van der Waals surface area contributed by atoms with Gasteiger partial charge in [-0.2, -0.15) is 0 Å². The number of furan rings is 1. The van der Waals surface area contributed by atoms with Gasteiger partial charge in [-0.05, 0) is 67.0 Å². The van der Waals surface area contributed by atoms with Gasteiger partial charge in [0.25, 0.3) is 5.91 Å². The van der Waals surface area contributed by atoms with Gasteiger partial charge in [0.1, 0.15) is 17.3 Å². The van der Waals surface area contributed by atoms with Crippen molar-refractivity contribution in [1.29, 1.82) is 0 Å². The Labute approximate surface area is 162 Å². The van der Waals surface area contributed by atoms with Crippen LogP contribution in [0.4, 0.5) is 5.69 Å². The first kappa shape index (κ1) is 17.8. The van der Waals surface area contributed by atoms with Crippen LogP contribution >= 0.6 is 0 Å². The predicted molar refractivity (Wildman–Crippen MR) is 107 cm³/mol. The molecule has 0 saturated heterocycles. The Morgan fingerprint density at radius 3 is 2.61 bits per heavy atom. The van der Waals surface area contributed by atoms with Crippen LogP contribution in [0.25, 0.3) is 17.4 Å². The van der Waals surface area contributed by atoms with Crippen LogP contribution in [-0.2, 0) is 4.79 Å². The van der Waals surface area contributed by atoms with Crippen molar-refractivity contribution >= 4 is 23.5 Å². The van der Waals surface area contributed by atoms with Crippen molar-refractivity contribution in [3.05, 3.63) is 77.6 Å². The van der Waals surface area contributed by atoms with E-state index in [4.69, 9.17) is 4.42 Å². The lowest BCUT2D eigenvalue weighted by Crippen LogP contribution is -2.12. The summed E-state index contributed by atoms with van der Waals surface area (Å²) < 4.78 is 5.83. The van der Waals surface area contributed by atoms with Gasteiger partial charge in [0.2, 0.25) is 0 Å². The van der Waals surface area contributed by atoms with Crippen molar-refractivity contribution in [2.75, 3.05) is 5.32 Å². The van der Waals surface area contributed by atoms with Crippen molar-refractivity contribution < 1.29 is 19.1 Å². The molecule has 3 aromatic rings. The maximum atomic E-state index is 12.5. The number of para-hydroxylation sites is 1. The number of carbonyl (C=O) groups excluding carboxylic acids is 2. The average molecular weight is 373 g/mol. The fraction of sp³-hybridized carbons (Fsp3) is 0.130. The van der Waals surface area contributed by atoms with Gasteiger partial charge in [-0.25, -0.2) is 0 Å². The summed E-state index contributed by atoms with van der Waals surface area (Å²) in [5.41, 5.74) is 2.25. The minimum atomic E-state index is -0.406. The molecule has 5 heteroatoms. The smallest absolute Gasteiger partial charge is 0.259 e. The predicted octanol–water partition coefficient (Wildman–Crippen LogP) is 5.04. The molecule has 5 nitrogen and oxygen atoms in total. The molecule has 1 fully saturated rings. The number of phenolic OH excluding ortho intramolecular Hbond substituents is 1. The highest BCUT2D eigenvalue weighted by Crippen LogP contribution is 2.30. The summed E-state index contributed by atoms with van der Waals surface area (Å²) in [6, 6.07) is 17.4. The van der Waals surface area contributed by atoms with E-state index in [0.29, 0.717) is 29.2 Å². The van der Waals surface area contributed by atoms with Crippen molar-refractivity contribution in [3.8, 4) is 17.1 Å². The minimum absolute atomic E-state index is 0.109. The van der Waals surface area contributed by atoms with E-state index < -0.39 is 5.91 Å². The van der Waals surface area contributed by atoms with E-state index in [9.17, 15) is 14.7 Å². The normalized spacial score (nSPS) is 15.1. The van der Waals surface area contributed by atoms with Crippen LogP contribution in [0, 0.1) is 0 Å². The Hall–Kier alpha value is -3.60. The first-order chi connectivity index (χ1) is 13.6. The molecular formula is C23H19NO4. The standard InChI is InChI=1S/C23H19NO4/c25-20-8-4-5-15(20)13-18-10-12-22(28-18)16-9-11-21(26)19(14-16)23(27)24-17-6-2-1-3-7-17/h1-3,6-7,9-14,26H,4-5,8H2,(H,24,27). The number of amides is 1. The zero-order valence-corrected chi connectivity index (χ0v) is 15.1. The van der Waals surface area contributed by atoms with Gasteiger partial charge in [0.05, 0.1) is 5.56 Å². The van der Waals surface area contributed by atoms with Crippen LogP contribution in [0.2, 0.25) is 0 Å². The molecule has 1 amide bonds. The minimum Gasteiger partial charge on any atom is -0.507 e. The third kappa shape index (κ3) is 3.74. The summed E-state index contributed by atoms with van der Waals surface area (Å²) in [7, 11) is 0. The molecule has 0 aliphatic heterocycles. The number of Topliss-reactive ketones (excluding diaryl/α,β-unsaturated/α-hetero) is 1. The Balaban J connectivity index is 1.59. The van der Waals surface area contributed by atoms with Gasteiger partial charge >= 0.3 is 0 Å². The van der Waals surface area contributed by atoms with Crippen LogP contribution in [0.1, 0.15) is 35.4 Å². The lowest BCUT2D eigenvalue weighted by molar-refractivity contribution is -0.114. The van der Waals surface area contributed by atoms with Gasteiger partial charge in [0.15, 0.2) is 5.78 Å². The number of hydrogen-bond donors (Lipinski definition) is 2. The lowest BCUT2D eigenvalue weighted by atomic mass is 10.1. The second kappa shape index (κ2) is 7.56. The van der Waals surface area contributed by atoms with E-state index in [-0.39, 0.29) is 17.1 Å². The fourth-order valence-corrected chi connectivity index (χ4v) is 3.24. The highest BCUT2D eigenvalue weighted by Gasteiger charge is 2.18. The molecule has 0 unspecified atom stereocenters. The van der Waals surface area contributed by atoms with E-state index in [1.807, 2.05) is 18.2 Å². The SMILES string of the molecule is O=C1CCCC1=Cc1ccc(-c2ccc(O)c(C(=O)Nc3ccccc3)c2)o1. The lowest BCUT2D eigenvalue weighted by Gasteiger charge is -2.08. The molecule has 140 valence electrons. The second-order valence-electron chi connectivity index (χ2n) is 6.70. The van der Waals surface area contributed by atoms with E-state index in [0.717, 1.165) is 18.4 Å². The zero-order valence-electron chi connectivity index (χ0n) is 15.1. The average Bonchev–Trinajstić information content (AvgIpc) is 3.33. The molecule has 1 aliphatic rings. The number of carbonyl (C=O) groups is 2. The monoisotopic (exact) mass is 373 g/mol. The number of ketones is 1. The molecule has 2 N–H and O–H groups in total. The van der Waals surface area contributed by atoms with Gasteiger partial charge in [0, 0.05) is 17.7 Å². The fourth-order valence-electron chi connectivity index (χ4n) is 3.24. The van der Waals surface area contributed by atoms with Crippen LogP contribution in [0.15, 0.2) is 70.7 Å². The molecule has 28 heavy (non-hydrogen) atoms. The molecule has 1 aromatic heterocycles. The molecule has 2 aromatic carbocycles. The summed E-state index contributed by atoms with van der Waals surface area (Å²) in [5, 5.41) is 12.9. The number of anilines is 1. The van der Waals surface area contributed by atoms with Crippen LogP contribution < -0.4 is 5.32 Å². The Kier molecular flexibility index (Phi) is 4.81. The summed E-state index contributed by atoms with van der Waals surface area (Å²) in [4.78, 5) is 24.3. The number of nitrogens with one attached hydrogen (secondary N) is 1. The Bertz CT molecular complexity index is 1060. The molecule has 1 aliphatic carbocycles. The first-order valence-corrected chi connectivity index (χ1v) is 9.13. The molecule has 0 bridgehead atoms. The molecular weight excluding hydrogens is 354 g/mol. The number of hydrogen-bond acceptors (Lipinski definition) is 4. The van der Waals surface area contributed by atoms with Crippen LogP contribution in [-0.4, -0.2) is 16.8 Å². The van der Waals surface area contributed by atoms with Gasteiger partial charge in [-0.1, -0.05) is 18.2 Å². The zero-order chi connectivity index (χ0) is 19.5. The summed E-state index contributed by atoms with van der Waals surface area (Å²) in [5.74, 6) is 0.816. The molecule has 0 spiro atoms. The van der Waals surface area contributed by atoms with Gasteiger partial charge in [-0.15, -0.1) is 0 Å². The quantitative estimate of drug-likeness (QED) is 0.628. The molecule has 0 radical (unpaired) electrons. The van der Waals surface area contributed by atoms with Crippen molar-refractivity contribution in [1.82, 2.24) is 0 Å². The molecule has 4 rings (SSSR count). The van der Waals surface area contributed by atoms with Crippen LogP contribution in [0.3, 0.4) is 0 Å². The third-order valence-electron chi connectivity index (χ3n) is 4.71. The maximum Gasteiger partial charge on any atom is 0.259 e. The maximum absolute atomic E-state index is 12.5. The summed E-state index contributed by atoms with van der Waals surface area (Å²) in [6.45, 7) is 0. The van der Waals surface area contributed by atoms with E-state index >= 15 is 0 Å². The highest BCUT2D eigenvalue weighted by atomic mass is 16.3. The van der Waals surface area contributed by atoms with Crippen molar-refractivity contribution in [2.24, 2.45) is 0 Å². The van der Waals surface area contributed by atoms with Crippen molar-refractivity contribution in [2.45, 2.75) is 19.3 Å². The van der Waals surface area contributed by atoms with Crippen molar-refractivity contribution in [3.63, 3.8) is 0 Å². The van der Waals surface area contributed by atoms with Gasteiger partial charge < -0.3 is 14.8 Å². The van der Waals surface area contributed by atoms with E-state index in [1.54, 1.807) is 42.5 Å². The first-order valence-electron chi connectivity index (χ1n) is 9.13. The molecule has 0 atom stereocenters. The number of rotatable bonds is 4. The number of aromatic hydroxyl groups is 1. The number of phenols is 1. The molecule has 1 heterocycles. The Morgan fingerprint density at radius 1 is 1.04 bits per heavy atom. The summed E-state index contributed by atoms with van der Waals surface area (Å²) >= 11 is 0. The van der Waals surface area contributed by atoms with Gasteiger partial charge in [-0.3, -0.25) is 9.59 Å². The van der Waals surface area contributed by atoms with E-state index in [2.05, 4.69) is 5.32 Å². The third-order valence-corrected chi connectivity index (χ3v) is 4.71. The topological polar surface area (TPSA) is 79.5 Å². The second-order valence-corrected chi connectivity index (χ2v) is 6.70.